The van der Waals surface area contributed by atoms with E-state index in [1.165, 1.54) is 0 Å². The van der Waals surface area contributed by atoms with Crippen LogP contribution in [0.4, 0.5) is 0 Å². The first-order valence-corrected chi connectivity index (χ1v) is 7.69. The lowest BCUT2D eigenvalue weighted by Gasteiger charge is -2.16. The summed E-state index contributed by atoms with van der Waals surface area (Å²) in [6.45, 7) is 0. The average Bonchev–Trinajstić information content (AvgIpc) is 3.29. The summed E-state index contributed by atoms with van der Waals surface area (Å²) in [6.07, 6.45) is 1.84. The van der Waals surface area contributed by atoms with Crippen LogP contribution in [0.2, 0.25) is 0 Å². The Labute approximate surface area is 132 Å². The number of ketones is 1. The first-order chi connectivity index (χ1) is 9.67. The quantitative estimate of drug-likeness (QED) is 0.589. The summed E-state index contributed by atoms with van der Waals surface area (Å²) in [7, 11) is 1.61. The van der Waals surface area contributed by atoms with Crippen LogP contribution >= 0.6 is 22.6 Å². The van der Waals surface area contributed by atoms with Crippen LogP contribution in [0.5, 0.6) is 5.75 Å². The predicted molar refractivity (Wildman–Crippen MR) is 87.4 cm³/mol. The molecular weight excluding hydrogens is 363 g/mol. The standard InChI is InChI=1S/C17H15IO2/c1-20-15-8-7-13(18)11-14(15)16(19)17(9-10-17)12-5-3-2-4-6-12/h2-8,11H,9-10H2,1H3. The van der Waals surface area contributed by atoms with Gasteiger partial charge < -0.3 is 4.74 Å². The van der Waals surface area contributed by atoms with E-state index in [1.807, 2.05) is 48.5 Å². The van der Waals surface area contributed by atoms with Crippen molar-refractivity contribution in [1.29, 1.82) is 0 Å². The molecule has 0 unspecified atom stereocenters. The van der Waals surface area contributed by atoms with Crippen LogP contribution < -0.4 is 4.74 Å². The molecule has 20 heavy (non-hydrogen) atoms. The summed E-state index contributed by atoms with van der Waals surface area (Å²) in [4.78, 5) is 13.0. The van der Waals surface area contributed by atoms with Crippen LogP contribution in [0.1, 0.15) is 28.8 Å². The van der Waals surface area contributed by atoms with E-state index in [-0.39, 0.29) is 11.2 Å². The number of carbonyl (C=O) groups is 1. The maximum absolute atomic E-state index is 13.0. The lowest BCUT2D eigenvalue weighted by Crippen LogP contribution is -2.21. The zero-order valence-corrected chi connectivity index (χ0v) is 13.4. The van der Waals surface area contributed by atoms with Crippen LogP contribution in [-0.4, -0.2) is 12.9 Å². The number of carbonyl (C=O) groups excluding carboxylic acids is 1. The molecule has 102 valence electrons. The molecule has 0 N–H and O–H groups in total. The Morgan fingerprint density at radius 3 is 2.45 bits per heavy atom. The van der Waals surface area contributed by atoms with Crippen molar-refractivity contribution in [2.75, 3.05) is 7.11 Å². The average molecular weight is 378 g/mol. The highest BCUT2D eigenvalue weighted by Gasteiger charge is 2.51. The van der Waals surface area contributed by atoms with Crippen molar-refractivity contribution >= 4 is 28.4 Å². The molecular formula is C17H15IO2. The van der Waals surface area contributed by atoms with Gasteiger partial charge >= 0.3 is 0 Å². The van der Waals surface area contributed by atoms with E-state index in [0.717, 1.165) is 22.0 Å². The van der Waals surface area contributed by atoms with Crippen LogP contribution in [0.15, 0.2) is 48.5 Å². The fourth-order valence-electron chi connectivity index (χ4n) is 2.64. The van der Waals surface area contributed by atoms with E-state index in [0.29, 0.717) is 11.3 Å². The van der Waals surface area contributed by atoms with E-state index in [4.69, 9.17) is 4.74 Å². The van der Waals surface area contributed by atoms with E-state index in [1.54, 1.807) is 7.11 Å². The van der Waals surface area contributed by atoms with Gasteiger partial charge in [-0.3, -0.25) is 4.79 Å². The number of halogens is 1. The van der Waals surface area contributed by atoms with Crippen molar-refractivity contribution in [1.82, 2.24) is 0 Å². The van der Waals surface area contributed by atoms with Gasteiger partial charge in [-0.15, -0.1) is 0 Å². The second-order valence-corrected chi connectivity index (χ2v) is 6.37. The van der Waals surface area contributed by atoms with E-state index < -0.39 is 0 Å². The number of methoxy groups -OCH3 is 1. The molecule has 3 rings (SSSR count). The first-order valence-electron chi connectivity index (χ1n) is 6.61. The lowest BCUT2D eigenvalue weighted by atomic mass is 9.87. The molecule has 2 aromatic carbocycles. The van der Waals surface area contributed by atoms with Crippen LogP contribution in [0.25, 0.3) is 0 Å². The summed E-state index contributed by atoms with van der Waals surface area (Å²) in [5.41, 5.74) is 1.48. The van der Waals surface area contributed by atoms with Crippen molar-refractivity contribution < 1.29 is 9.53 Å². The van der Waals surface area contributed by atoms with Gasteiger partial charge in [-0.05, 0) is 59.2 Å². The minimum atomic E-state index is -0.334. The highest BCUT2D eigenvalue weighted by Crippen LogP contribution is 2.51. The van der Waals surface area contributed by atoms with Crippen LogP contribution in [0, 0.1) is 3.57 Å². The molecule has 0 spiro atoms. The first kappa shape index (κ1) is 13.6. The van der Waals surface area contributed by atoms with Gasteiger partial charge in [0.15, 0.2) is 5.78 Å². The summed E-state index contributed by atoms with van der Waals surface area (Å²) < 4.78 is 6.41. The molecule has 3 heteroatoms. The van der Waals surface area contributed by atoms with Gasteiger partial charge in [-0.1, -0.05) is 30.3 Å². The maximum atomic E-state index is 13.0. The minimum absolute atomic E-state index is 0.180. The Balaban J connectivity index is 2.04. The van der Waals surface area contributed by atoms with Crippen molar-refractivity contribution in [3.63, 3.8) is 0 Å². The SMILES string of the molecule is COc1ccc(I)cc1C(=O)C1(c2ccccc2)CC1. The normalized spacial score (nSPS) is 15.7. The van der Waals surface area contributed by atoms with Crippen molar-refractivity contribution in [2.24, 2.45) is 0 Å². The highest BCUT2D eigenvalue weighted by molar-refractivity contribution is 14.1. The smallest absolute Gasteiger partial charge is 0.177 e. The monoisotopic (exact) mass is 378 g/mol. The third-order valence-electron chi connectivity index (χ3n) is 3.92. The lowest BCUT2D eigenvalue weighted by molar-refractivity contribution is 0.0943. The third-order valence-corrected chi connectivity index (χ3v) is 4.59. The van der Waals surface area contributed by atoms with E-state index in [9.17, 15) is 4.79 Å². The van der Waals surface area contributed by atoms with E-state index in [2.05, 4.69) is 22.6 Å². The second-order valence-electron chi connectivity index (χ2n) is 5.12. The molecule has 1 fully saturated rings. The van der Waals surface area contributed by atoms with Gasteiger partial charge in [-0.2, -0.15) is 0 Å². The van der Waals surface area contributed by atoms with Gasteiger partial charge in [0.25, 0.3) is 0 Å². The van der Waals surface area contributed by atoms with Gasteiger partial charge in [0.2, 0.25) is 0 Å². The Morgan fingerprint density at radius 2 is 1.85 bits per heavy atom. The Morgan fingerprint density at radius 1 is 1.15 bits per heavy atom. The van der Waals surface area contributed by atoms with Crippen molar-refractivity contribution in [2.45, 2.75) is 18.3 Å². The Kier molecular flexibility index (Phi) is 3.54. The summed E-state index contributed by atoms with van der Waals surface area (Å²) in [5, 5.41) is 0. The molecule has 2 aromatic rings. The van der Waals surface area contributed by atoms with Crippen LogP contribution in [-0.2, 0) is 5.41 Å². The molecule has 0 aliphatic heterocycles. The molecule has 1 aliphatic carbocycles. The molecule has 0 atom stereocenters. The predicted octanol–water partition coefficient (Wildman–Crippen LogP) is 4.21. The zero-order chi connectivity index (χ0) is 14.2. The van der Waals surface area contributed by atoms with Crippen molar-refractivity contribution in [3.05, 3.63) is 63.2 Å². The molecule has 2 nitrogen and oxygen atoms in total. The summed E-state index contributed by atoms with van der Waals surface area (Å²) >= 11 is 2.23. The topological polar surface area (TPSA) is 26.3 Å². The molecule has 1 aliphatic rings. The Hall–Kier alpha value is -1.36. The summed E-state index contributed by atoms with van der Waals surface area (Å²) in [6, 6.07) is 15.8. The fraction of sp³-hybridized carbons (Fsp3) is 0.235. The number of Topliss-reactive ketones (excluding diaryl/α,β-unsaturated/α-hetero) is 1. The number of hydrogen-bond acceptors (Lipinski definition) is 2. The van der Waals surface area contributed by atoms with Gasteiger partial charge in [0.05, 0.1) is 18.1 Å². The number of hydrogen-bond donors (Lipinski definition) is 0. The van der Waals surface area contributed by atoms with Gasteiger partial charge in [0.1, 0.15) is 5.75 Å². The molecule has 0 saturated heterocycles. The minimum Gasteiger partial charge on any atom is -0.496 e. The molecule has 1 saturated carbocycles. The fourth-order valence-corrected chi connectivity index (χ4v) is 3.14. The zero-order valence-electron chi connectivity index (χ0n) is 11.2. The highest BCUT2D eigenvalue weighted by atomic mass is 127. The number of ether oxygens (including phenoxy) is 1. The molecule has 0 bridgehead atoms. The van der Waals surface area contributed by atoms with Gasteiger partial charge in [0, 0.05) is 3.57 Å². The van der Waals surface area contributed by atoms with Gasteiger partial charge in [-0.25, -0.2) is 0 Å². The molecule has 0 radical (unpaired) electrons. The number of rotatable bonds is 4. The van der Waals surface area contributed by atoms with Crippen LogP contribution in [0.3, 0.4) is 0 Å². The second kappa shape index (κ2) is 5.20. The largest absolute Gasteiger partial charge is 0.496 e. The third kappa shape index (κ3) is 2.24. The number of benzene rings is 2. The molecule has 0 aromatic heterocycles. The summed E-state index contributed by atoms with van der Waals surface area (Å²) in [5.74, 6) is 0.844. The van der Waals surface area contributed by atoms with E-state index >= 15 is 0 Å². The maximum Gasteiger partial charge on any atom is 0.177 e. The van der Waals surface area contributed by atoms with Crippen molar-refractivity contribution in [3.8, 4) is 5.75 Å². The molecule has 0 heterocycles. The molecule has 0 amide bonds. The Bertz CT molecular complexity index is 645.